The van der Waals surface area contributed by atoms with Crippen LogP contribution in [0.4, 0.5) is 5.69 Å². The molecule has 1 fully saturated rings. The van der Waals surface area contributed by atoms with Crippen molar-refractivity contribution in [3.8, 4) is 10.6 Å². The number of benzene rings is 1. The summed E-state index contributed by atoms with van der Waals surface area (Å²) in [4.78, 5) is 16.5. The molecule has 0 bridgehead atoms. The lowest BCUT2D eigenvalue weighted by atomic mass is 9.92. The number of halogens is 1. The zero-order valence-corrected chi connectivity index (χ0v) is 14.2. The van der Waals surface area contributed by atoms with Gasteiger partial charge in [0.25, 0.3) is 0 Å². The highest BCUT2D eigenvalue weighted by Gasteiger charge is 2.26. The first-order valence-electron chi connectivity index (χ1n) is 7.38. The van der Waals surface area contributed by atoms with E-state index in [1.807, 2.05) is 29.6 Å². The van der Waals surface area contributed by atoms with Crippen LogP contribution in [0.3, 0.4) is 0 Å². The summed E-state index contributed by atoms with van der Waals surface area (Å²) in [5.74, 6) is 0.0669. The minimum atomic E-state index is -0.484. The summed E-state index contributed by atoms with van der Waals surface area (Å²) < 4.78 is 5.30. The van der Waals surface area contributed by atoms with Crippen LogP contribution in [0.25, 0.3) is 10.6 Å². The van der Waals surface area contributed by atoms with Crippen LogP contribution in [-0.4, -0.2) is 30.1 Å². The number of nitrogens with zero attached hydrogens (tertiary/aromatic N) is 1. The maximum atomic E-state index is 12.2. The Morgan fingerprint density at radius 1 is 1.30 bits per heavy atom. The van der Waals surface area contributed by atoms with Gasteiger partial charge < -0.3 is 15.8 Å². The van der Waals surface area contributed by atoms with E-state index in [2.05, 4.69) is 10.3 Å². The molecule has 124 valence electrons. The lowest BCUT2D eigenvalue weighted by Gasteiger charge is -2.26. The molecule has 23 heavy (non-hydrogen) atoms. The van der Waals surface area contributed by atoms with Crippen LogP contribution in [0, 0.1) is 5.92 Å². The van der Waals surface area contributed by atoms with Crippen LogP contribution in [-0.2, 0) is 9.53 Å². The van der Waals surface area contributed by atoms with Gasteiger partial charge in [0, 0.05) is 36.0 Å². The number of hydrogen-bond acceptors (Lipinski definition) is 5. The first-order valence-corrected chi connectivity index (χ1v) is 8.26. The second-order valence-corrected chi connectivity index (χ2v) is 6.27. The Balaban J connectivity index is 0.00000192. The number of thiazole rings is 1. The average Bonchev–Trinajstić information content (AvgIpc) is 3.10. The number of anilines is 1. The van der Waals surface area contributed by atoms with E-state index in [1.165, 1.54) is 0 Å². The highest BCUT2D eigenvalue weighted by molar-refractivity contribution is 7.13. The van der Waals surface area contributed by atoms with Gasteiger partial charge in [-0.15, -0.1) is 23.7 Å². The lowest BCUT2D eigenvalue weighted by molar-refractivity contribution is -0.119. The number of nitrogens with one attached hydrogen (secondary N) is 1. The Morgan fingerprint density at radius 2 is 2.00 bits per heavy atom. The zero-order chi connectivity index (χ0) is 15.4. The van der Waals surface area contributed by atoms with Crippen LogP contribution in [0.5, 0.6) is 0 Å². The molecule has 3 N–H and O–H groups in total. The van der Waals surface area contributed by atoms with Crippen LogP contribution in [0.1, 0.15) is 12.8 Å². The summed E-state index contributed by atoms with van der Waals surface area (Å²) in [7, 11) is 0. The lowest BCUT2D eigenvalue weighted by Crippen LogP contribution is -2.43. The number of rotatable bonds is 4. The molecule has 0 spiro atoms. The Hall–Kier alpha value is -1.47. The number of amides is 1. The molecule has 1 amide bonds. The Morgan fingerprint density at radius 3 is 2.61 bits per heavy atom. The first-order chi connectivity index (χ1) is 10.7. The average molecular weight is 354 g/mol. The van der Waals surface area contributed by atoms with Crippen molar-refractivity contribution in [3.05, 3.63) is 35.8 Å². The van der Waals surface area contributed by atoms with Crippen molar-refractivity contribution >= 4 is 35.3 Å². The highest BCUT2D eigenvalue weighted by Crippen LogP contribution is 2.24. The summed E-state index contributed by atoms with van der Waals surface area (Å²) in [5, 5.41) is 5.80. The molecule has 0 aliphatic carbocycles. The molecule has 1 aromatic carbocycles. The third-order valence-corrected chi connectivity index (χ3v) is 4.73. The number of carbonyl (C=O) groups is 1. The predicted octanol–water partition coefficient (Wildman–Crippen LogP) is 2.92. The van der Waals surface area contributed by atoms with Crippen molar-refractivity contribution in [2.24, 2.45) is 11.7 Å². The molecule has 3 rings (SSSR count). The maximum Gasteiger partial charge on any atom is 0.241 e. The molecule has 7 heteroatoms. The number of nitrogens with two attached hydrogens (primary N) is 1. The van der Waals surface area contributed by atoms with Crippen LogP contribution in [0.2, 0.25) is 0 Å². The minimum Gasteiger partial charge on any atom is -0.381 e. The van der Waals surface area contributed by atoms with Gasteiger partial charge in [0.05, 0.1) is 6.04 Å². The van der Waals surface area contributed by atoms with Gasteiger partial charge in [-0.05, 0) is 43.0 Å². The van der Waals surface area contributed by atoms with E-state index in [1.54, 1.807) is 17.5 Å². The van der Waals surface area contributed by atoms with Gasteiger partial charge in [-0.2, -0.15) is 0 Å². The first kappa shape index (κ1) is 17.9. The van der Waals surface area contributed by atoms with Crippen molar-refractivity contribution in [3.63, 3.8) is 0 Å². The fourth-order valence-corrected chi connectivity index (χ4v) is 3.22. The normalized spacial score (nSPS) is 16.4. The number of hydrogen-bond donors (Lipinski definition) is 2. The maximum absolute atomic E-state index is 12.2. The van der Waals surface area contributed by atoms with Gasteiger partial charge in [0.1, 0.15) is 5.01 Å². The number of aromatic nitrogens is 1. The topological polar surface area (TPSA) is 77.2 Å². The van der Waals surface area contributed by atoms with Crippen molar-refractivity contribution in [2.75, 3.05) is 18.5 Å². The van der Waals surface area contributed by atoms with E-state index in [9.17, 15) is 4.79 Å². The van der Waals surface area contributed by atoms with E-state index < -0.39 is 6.04 Å². The quantitative estimate of drug-likeness (QED) is 0.886. The summed E-state index contributed by atoms with van der Waals surface area (Å²) in [6, 6.07) is 7.18. The van der Waals surface area contributed by atoms with E-state index in [0.29, 0.717) is 13.2 Å². The Bertz CT molecular complexity index is 613. The predicted molar refractivity (Wildman–Crippen MR) is 94.9 cm³/mol. The van der Waals surface area contributed by atoms with E-state index >= 15 is 0 Å². The van der Waals surface area contributed by atoms with Gasteiger partial charge in [-0.1, -0.05) is 0 Å². The molecule has 1 atom stereocenters. The van der Waals surface area contributed by atoms with Gasteiger partial charge >= 0.3 is 0 Å². The minimum absolute atomic E-state index is 0. The van der Waals surface area contributed by atoms with Crippen molar-refractivity contribution < 1.29 is 9.53 Å². The molecule has 2 heterocycles. The highest BCUT2D eigenvalue weighted by atomic mass is 35.5. The van der Waals surface area contributed by atoms with Gasteiger partial charge in [-0.25, -0.2) is 4.98 Å². The number of ether oxygens (including phenoxy) is 1. The summed E-state index contributed by atoms with van der Waals surface area (Å²) >= 11 is 1.59. The third-order valence-electron chi connectivity index (χ3n) is 3.91. The molecular formula is C16H20ClN3O2S. The third kappa shape index (κ3) is 4.51. The van der Waals surface area contributed by atoms with Crippen LogP contribution in [0.15, 0.2) is 35.8 Å². The number of carbonyl (C=O) groups excluding carboxylic acids is 1. The summed E-state index contributed by atoms with van der Waals surface area (Å²) in [5.41, 5.74) is 7.87. The summed E-state index contributed by atoms with van der Waals surface area (Å²) in [6.07, 6.45) is 3.47. The van der Waals surface area contributed by atoms with Crippen molar-refractivity contribution in [1.82, 2.24) is 4.98 Å². The molecule has 5 nitrogen and oxygen atoms in total. The molecule has 1 aliphatic rings. The zero-order valence-electron chi connectivity index (χ0n) is 12.6. The summed E-state index contributed by atoms with van der Waals surface area (Å²) in [6.45, 7) is 1.38. The fourth-order valence-electron chi connectivity index (χ4n) is 2.58. The Kier molecular flexibility index (Phi) is 6.53. The Labute approximate surface area is 145 Å². The van der Waals surface area contributed by atoms with Crippen molar-refractivity contribution in [2.45, 2.75) is 18.9 Å². The molecule has 1 saturated heterocycles. The van der Waals surface area contributed by atoms with Gasteiger partial charge in [-0.3, -0.25) is 4.79 Å². The van der Waals surface area contributed by atoms with Crippen LogP contribution >= 0.6 is 23.7 Å². The largest absolute Gasteiger partial charge is 0.381 e. The fraction of sp³-hybridized carbons (Fsp3) is 0.375. The van der Waals surface area contributed by atoms with Crippen molar-refractivity contribution in [1.29, 1.82) is 0 Å². The molecule has 0 saturated carbocycles. The molecular weight excluding hydrogens is 334 g/mol. The van der Waals surface area contributed by atoms with E-state index in [4.69, 9.17) is 10.5 Å². The molecule has 1 unspecified atom stereocenters. The van der Waals surface area contributed by atoms with E-state index in [0.717, 1.165) is 29.1 Å². The second kappa shape index (κ2) is 8.40. The smallest absolute Gasteiger partial charge is 0.241 e. The molecule has 1 aromatic heterocycles. The molecule has 1 aliphatic heterocycles. The van der Waals surface area contributed by atoms with E-state index in [-0.39, 0.29) is 24.2 Å². The standard InChI is InChI=1S/C16H19N3O2S.ClH/c17-14(11-5-8-21-9-6-11)15(20)19-13-3-1-12(2-4-13)16-18-7-10-22-16;/h1-4,7,10-11,14H,5-6,8-9,17H2,(H,19,20);1H. The molecule has 0 radical (unpaired) electrons. The van der Waals surface area contributed by atoms with Gasteiger partial charge in [0.15, 0.2) is 0 Å². The monoisotopic (exact) mass is 353 g/mol. The SMILES string of the molecule is Cl.NC(C(=O)Nc1ccc(-c2nccs2)cc1)C1CCOCC1. The molecule has 2 aromatic rings. The van der Waals surface area contributed by atoms with Crippen LogP contribution < -0.4 is 11.1 Å². The van der Waals surface area contributed by atoms with Gasteiger partial charge in [0.2, 0.25) is 5.91 Å². The second-order valence-electron chi connectivity index (χ2n) is 5.38.